The van der Waals surface area contributed by atoms with Crippen molar-refractivity contribution in [1.82, 2.24) is 10.2 Å². The summed E-state index contributed by atoms with van der Waals surface area (Å²) in [4.78, 5) is 15.0. The van der Waals surface area contributed by atoms with Gasteiger partial charge in [-0.2, -0.15) is 0 Å². The van der Waals surface area contributed by atoms with Crippen LogP contribution in [0.15, 0.2) is 36.4 Å². The zero-order chi connectivity index (χ0) is 22.9. The molecule has 0 radical (unpaired) electrons. The van der Waals surface area contributed by atoms with Crippen molar-refractivity contribution in [2.75, 3.05) is 19.6 Å². The molecule has 0 unspecified atom stereocenters. The second-order valence-electron chi connectivity index (χ2n) is 8.19. The number of benzene rings is 2. The van der Waals surface area contributed by atoms with E-state index in [1.807, 2.05) is 4.90 Å². The Morgan fingerprint density at radius 1 is 1.00 bits per heavy atom. The number of alkyl halides is 3. The van der Waals surface area contributed by atoms with Crippen molar-refractivity contribution in [2.24, 2.45) is 5.92 Å². The van der Waals surface area contributed by atoms with Gasteiger partial charge in [0.25, 0.3) is 0 Å². The predicted octanol–water partition coefficient (Wildman–Crippen LogP) is 5.70. The van der Waals surface area contributed by atoms with Gasteiger partial charge in [0, 0.05) is 28.5 Å². The molecule has 9 heteroatoms. The Morgan fingerprint density at radius 3 is 2.22 bits per heavy atom. The van der Waals surface area contributed by atoms with Gasteiger partial charge in [0.1, 0.15) is 5.75 Å². The lowest BCUT2D eigenvalue weighted by Crippen LogP contribution is -2.44. The topological polar surface area (TPSA) is 41.6 Å². The molecule has 2 aliphatic heterocycles. The van der Waals surface area contributed by atoms with Crippen molar-refractivity contribution >= 4 is 29.1 Å². The molecule has 2 aromatic carbocycles. The molecule has 2 heterocycles. The van der Waals surface area contributed by atoms with Crippen LogP contribution in [0.5, 0.6) is 5.75 Å². The molecule has 4 rings (SSSR count). The summed E-state index contributed by atoms with van der Waals surface area (Å²) >= 11 is 13.0. The number of piperidine rings is 1. The van der Waals surface area contributed by atoms with Crippen LogP contribution in [0.3, 0.4) is 0 Å². The number of carbonyl (C=O) groups is 1. The Kier molecular flexibility index (Phi) is 6.89. The summed E-state index contributed by atoms with van der Waals surface area (Å²) in [6.45, 7) is 2.62. The number of amides is 1. The molecule has 0 spiro atoms. The van der Waals surface area contributed by atoms with Gasteiger partial charge in [-0.25, -0.2) is 0 Å². The smallest absolute Gasteiger partial charge is 0.406 e. The number of rotatable bonds is 5. The minimum absolute atomic E-state index is 0.149. The highest BCUT2D eigenvalue weighted by Crippen LogP contribution is 2.36. The summed E-state index contributed by atoms with van der Waals surface area (Å²) in [5, 5.41) is 4.20. The number of likely N-dealkylation sites (tertiary alicyclic amines) is 1. The van der Waals surface area contributed by atoms with E-state index in [1.54, 1.807) is 12.1 Å². The summed E-state index contributed by atoms with van der Waals surface area (Å²) in [6.07, 6.45) is -1.55. The van der Waals surface area contributed by atoms with Crippen molar-refractivity contribution in [2.45, 2.75) is 38.1 Å². The predicted molar refractivity (Wildman–Crippen MR) is 118 cm³/mol. The van der Waals surface area contributed by atoms with Crippen molar-refractivity contribution in [3.63, 3.8) is 0 Å². The summed E-state index contributed by atoms with van der Waals surface area (Å²) in [5.74, 6) is -0.286. The maximum Gasteiger partial charge on any atom is 0.573 e. The number of halogens is 5. The Morgan fingerprint density at radius 2 is 1.62 bits per heavy atom. The zero-order valence-corrected chi connectivity index (χ0v) is 18.7. The van der Waals surface area contributed by atoms with Crippen LogP contribution in [0.2, 0.25) is 10.0 Å². The highest BCUT2D eigenvalue weighted by Gasteiger charge is 2.36. The first-order valence-corrected chi connectivity index (χ1v) is 11.3. The molecule has 4 nitrogen and oxygen atoms in total. The van der Waals surface area contributed by atoms with Crippen molar-refractivity contribution in [3.05, 3.63) is 52.0 Å². The number of carbonyl (C=O) groups excluding carboxylic acids is 1. The third-order valence-electron chi connectivity index (χ3n) is 6.11. The minimum atomic E-state index is -4.74. The van der Waals surface area contributed by atoms with Gasteiger partial charge in [-0.1, -0.05) is 35.3 Å². The van der Waals surface area contributed by atoms with Gasteiger partial charge in [-0.15, -0.1) is 13.2 Å². The molecule has 32 heavy (non-hydrogen) atoms. The molecule has 2 aliphatic rings. The monoisotopic (exact) mass is 486 g/mol. The average Bonchev–Trinajstić information content (AvgIpc) is 3.11. The van der Waals surface area contributed by atoms with Crippen LogP contribution < -0.4 is 10.1 Å². The number of ether oxygens (including phenoxy) is 1. The van der Waals surface area contributed by atoms with Crippen LogP contribution in [-0.2, 0) is 11.2 Å². The number of hydrogen-bond acceptors (Lipinski definition) is 3. The maximum absolute atomic E-state index is 13.0. The minimum Gasteiger partial charge on any atom is -0.406 e. The van der Waals surface area contributed by atoms with Gasteiger partial charge >= 0.3 is 6.36 Å². The van der Waals surface area contributed by atoms with Crippen LogP contribution >= 0.6 is 23.2 Å². The van der Waals surface area contributed by atoms with Gasteiger partial charge in [0.15, 0.2) is 0 Å². The van der Waals surface area contributed by atoms with Crippen LogP contribution in [0, 0.1) is 5.92 Å². The van der Waals surface area contributed by atoms with E-state index >= 15 is 0 Å². The van der Waals surface area contributed by atoms with E-state index in [4.69, 9.17) is 23.2 Å². The van der Waals surface area contributed by atoms with E-state index < -0.39 is 6.36 Å². The van der Waals surface area contributed by atoms with Crippen LogP contribution in [0.4, 0.5) is 13.2 Å². The van der Waals surface area contributed by atoms with E-state index in [9.17, 15) is 18.0 Å². The molecule has 1 amide bonds. The molecule has 2 aromatic rings. The lowest BCUT2D eigenvalue weighted by Gasteiger charge is -2.31. The molecule has 172 valence electrons. The normalized spacial score (nSPS) is 20.1. The quantitative estimate of drug-likeness (QED) is 0.588. The third kappa shape index (κ3) is 5.33. The van der Waals surface area contributed by atoms with Crippen molar-refractivity contribution < 1.29 is 22.7 Å². The fourth-order valence-electron chi connectivity index (χ4n) is 4.49. The molecule has 0 bridgehead atoms. The Balaban J connectivity index is 1.47. The standard InChI is InChI=1S/C23H23Cl2F3N2O2/c24-20-12-16(14-1-3-18(4-2-14)32-23(26,27)28)13-21(25)19(20)11-15-7-10-30(22(15)31)17-5-8-29-9-6-17/h1-4,12-13,15,17,29H,5-11H2/t15-/m0/s1. The fourth-order valence-corrected chi connectivity index (χ4v) is 5.13. The second kappa shape index (κ2) is 9.49. The van der Waals surface area contributed by atoms with E-state index in [2.05, 4.69) is 10.1 Å². The van der Waals surface area contributed by atoms with Crippen molar-refractivity contribution in [1.29, 1.82) is 0 Å². The third-order valence-corrected chi connectivity index (χ3v) is 6.79. The van der Waals surface area contributed by atoms with Gasteiger partial charge in [-0.05, 0) is 79.7 Å². The van der Waals surface area contributed by atoms with Crippen LogP contribution in [0.1, 0.15) is 24.8 Å². The average molecular weight is 487 g/mol. The first-order valence-electron chi connectivity index (χ1n) is 10.6. The van der Waals surface area contributed by atoms with Crippen molar-refractivity contribution in [3.8, 4) is 16.9 Å². The molecule has 1 atom stereocenters. The molecular formula is C23H23Cl2F3N2O2. The SMILES string of the molecule is O=C1[C@H](Cc2c(Cl)cc(-c3ccc(OC(F)(F)F)cc3)cc2Cl)CCN1C1CCNCC1. The van der Waals surface area contributed by atoms with E-state index in [1.165, 1.54) is 24.3 Å². The number of nitrogens with one attached hydrogen (secondary N) is 1. The summed E-state index contributed by atoms with van der Waals surface area (Å²) in [5.41, 5.74) is 2.06. The molecule has 0 aliphatic carbocycles. The summed E-state index contributed by atoms with van der Waals surface area (Å²) in [6, 6.07) is 9.27. The lowest BCUT2D eigenvalue weighted by molar-refractivity contribution is -0.274. The maximum atomic E-state index is 13.0. The number of hydrogen-bond donors (Lipinski definition) is 1. The molecule has 0 aromatic heterocycles. The number of nitrogens with zero attached hydrogens (tertiary/aromatic N) is 1. The van der Waals surface area contributed by atoms with Crippen LogP contribution in [0.25, 0.3) is 11.1 Å². The fraction of sp³-hybridized carbons (Fsp3) is 0.435. The highest BCUT2D eigenvalue weighted by atomic mass is 35.5. The summed E-state index contributed by atoms with van der Waals surface area (Å²) in [7, 11) is 0. The van der Waals surface area contributed by atoms with Gasteiger partial charge in [0.2, 0.25) is 5.91 Å². The van der Waals surface area contributed by atoms with Gasteiger partial charge in [0.05, 0.1) is 0 Å². The van der Waals surface area contributed by atoms with E-state index in [-0.39, 0.29) is 17.6 Å². The Bertz CT molecular complexity index is 953. The largest absolute Gasteiger partial charge is 0.573 e. The van der Waals surface area contributed by atoms with E-state index in [0.717, 1.165) is 44.5 Å². The zero-order valence-electron chi connectivity index (χ0n) is 17.2. The Labute approximate surface area is 194 Å². The van der Waals surface area contributed by atoms with Crippen LogP contribution in [-0.4, -0.2) is 42.8 Å². The molecular weight excluding hydrogens is 464 g/mol. The highest BCUT2D eigenvalue weighted by molar-refractivity contribution is 6.36. The lowest BCUT2D eigenvalue weighted by atomic mass is 9.95. The first-order chi connectivity index (χ1) is 15.2. The summed E-state index contributed by atoms with van der Waals surface area (Å²) < 4.78 is 41.0. The Hall–Kier alpha value is -1.96. The molecule has 2 fully saturated rings. The van der Waals surface area contributed by atoms with Gasteiger partial charge in [-0.3, -0.25) is 4.79 Å². The van der Waals surface area contributed by atoms with E-state index in [0.29, 0.717) is 33.6 Å². The molecule has 1 N–H and O–H groups in total. The molecule has 0 saturated carbocycles. The second-order valence-corrected chi connectivity index (χ2v) is 9.01. The van der Waals surface area contributed by atoms with Gasteiger partial charge < -0.3 is 15.0 Å². The molecule has 2 saturated heterocycles. The first kappa shape index (κ1) is 23.2.